The second-order valence-corrected chi connectivity index (χ2v) is 6.10. The van der Waals surface area contributed by atoms with Crippen molar-refractivity contribution in [3.8, 4) is 5.88 Å². The highest BCUT2D eigenvalue weighted by molar-refractivity contribution is 6.05. The Bertz CT molecular complexity index is 1100. The van der Waals surface area contributed by atoms with Crippen LogP contribution in [0, 0.1) is 24.4 Å². The number of hydrogen-bond acceptors (Lipinski definition) is 6. The van der Waals surface area contributed by atoms with E-state index in [1.165, 1.54) is 25.4 Å². The van der Waals surface area contributed by atoms with E-state index in [1.54, 1.807) is 13.0 Å². The minimum atomic E-state index is -0.979. The summed E-state index contributed by atoms with van der Waals surface area (Å²) in [6.07, 6.45) is 4.97. The van der Waals surface area contributed by atoms with E-state index >= 15 is 0 Å². The SMILES string of the molecule is CC/C(=N\Oc1ncc(F)cc1F)c1ccc(NC(=O)c2cncc(F)c2C)nc1. The number of oxime groups is 1. The van der Waals surface area contributed by atoms with E-state index in [-0.39, 0.29) is 16.9 Å². The summed E-state index contributed by atoms with van der Waals surface area (Å²) >= 11 is 0. The molecule has 1 N–H and O–H groups in total. The van der Waals surface area contributed by atoms with E-state index in [0.717, 1.165) is 12.4 Å². The number of aromatic nitrogens is 3. The van der Waals surface area contributed by atoms with Crippen LogP contribution in [0.1, 0.15) is 34.8 Å². The molecule has 7 nitrogen and oxygen atoms in total. The van der Waals surface area contributed by atoms with Gasteiger partial charge in [0.25, 0.3) is 11.8 Å². The van der Waals surface area contributed by atoms with Gasteiger partial charge in [-0.15, -0.1) is 0 Å². The standard InChI is InChI=1S/C20H16F3N5O2/c1-3-17(28-30-20-15(22)6-13(21)8-26-20)12-4-5-18(25-7-12)27-19(29)14-9-24-10-16(23)11(14)2/h4-10H,3H2,1-2H3,(H,25,27,29)/b28-17+. The van der Waals surface area contributed by atoms with Gasteiger partial charge in [0.15, 0.2) is 5.82 Å². The van der Waals surface area contributed by atoms with Crippen molar-refractivity contribution >= 4 is 17.4 Å². The number of hydrogen-bond donors (Lipinski definition) is 1. The predicted molar refractivity (Wildman–Crippen MR) is 103 cm³/mol. The van der Waals surface area contributed by atoms with Gasteiger partial charge in [0.2, 0.25) is 0 Å². The van der Waals surface area contributed by atoms with E-state index in [1.807, 2.05) is 0 Å². The molecule has 0 radical (unpaired) electrons. The summed E-state index contributed by atoms with van der Waals surface area (Å²) in [6, 6.07) is 3.79. The van der Waals surface area contributed by atoms with Crippen molar-refractivity contribution in [2.45, 2.75) is 20.3 Å². The second-order valence-electron chi connectivity index (χ2n) is 6.10. The molecule has 0 aliphatic rings. The summed E-state index contributed by atoms with van der Waals surface area (Å²) in [5.41, 5.74) is 1.26. The normalized spacial score (nSPS) is 11.3. The topological polar surface area (TPSA) is 89.4 Å². The molecule has 0 atom stereocenters. The van der Waals surface area contributed by atoms with Gasteiger partial charge in [0, 0.05) is 29.6 Å². The summed E-state index contributed by atoms with van der Waals surface area (Å²) in [6.45, 7) is 3.28. The van der Waals surface area contributed by atoms with Gasteiger partial charge in [-0.25, -0.2) is 23.1 Å². The average Bonchev–Trinajstić information content (AvgIpc) is 2.73. The molecular formula is C20H16F3N5O2. The molecule has 0 bridgehead atoms. The molecule has 3 aromatic heterocycles. The zero-order valence-corrected chi connectivity index (χ0v) is 16.0. The first kappa shape index (κ1) is 20.9. The molecule has 3 heterocycles. The van der Waals surface area contributed by atoms with Crippen LogP contribution < -0.4 is 10.2 Å². The summed E-state index contributed by atoms with van der Waals surface area (Å²) in [5.74, 6) is -3.17. The lowest BCUT2D eigenvalue weighted by Crippen LogP contribution is -2.15. The van der Waals surface area contributed by atoms with Gasteiger partial charge in [0.1, 0.15) is 17.5 Å². The number of nitrogens with zero attached hydrogens (tertiary/aromatic N) is 4. The van der Waals surface area contributed by atoms with E-state index in [4.69, 9.17) is 4.84 Å². The van der Waals surface area contributed by atoms with E-state index in [9.17, 15) is 18.0 Å². The van der Waals surface area contributed by atoms with Crippen molar-refractivity contribution in [2.24, 2.45) is 5.16 Å². The maximum absolute atomic E-state index is 13.6. The third-order valence-corrected chi connectivity index (χ3v) is 4.09. The molecular weight excluding hydrogens is 399 g/mol. The van der Waals surface area contributed by atoms with Crippen LogP contribution in [0.5, 0.6) is 5.88 Å². The first-order valence-corrected chi connectivity index (χ1v) is 8.81. The van der Waals surface area contributed by atoms with Crippen molar-refractivity contribution in [1.29, 1.82) is 0 Å². The smallest absolute Gasteiger partial charge is 0.284 e. The summed E-state index contributed by atoms with van der Waals surface area (Å²) < 4.78 is 40.1. The van der Waals surface area contributed by atoms with Gasteiger partial charge >= 0.3 is 0 Å². The van der Waals surface area contributed by atoms with Crippen LogP contribution in [-0.4, -0.2) is 26.6 Å². The third-order valence-electron chi connectivity index (χ3n) is 4.09. The molecule has 0 aliphatic heterocycles. The largest absolute Gasteiger partial charge is 0.333 e. The number of carbonyl (C=O) groups excluding carboxylic acids is 1. The van der Waals surface area contributed by atoms with E-state index in [2.05, 4.69) is 25.4 Å². The minimum Gasteiger partial charge on any atom is -0.333 e. The monoisotopic (exact) mass is 415 g/mol. The maximum atomic E-state index is 13.6. The first-order valence-electron chi connectivity index (χ1n) is 8.81. The number of anilines is 1. The van der Waals surface area contributed by atoms with Crippen LogP contribution in [0.3, 0.4) is 0 Å². The summed E-state index contributed by atoms with van der Waals surface area (Å²) in [4.78, 5) is 28.6. The van der Waals surface area contributed by atoms with Gasteiger partial charge in [-0.2, -0.15) is 0 Å². The van der Waals surface area contributed by atoms with Gasteiger partial charge < -0.3 is 10.2 Å². The molecule has 0 saturated carbocycles. The highest BCUT2D eigenvalue weighted by atomic mass is 19.1. The Balaban J connectivity index is 1.73. The Morgan fingerprint density at radius 3 is 2.57 bits per heavy atom. The van der Waals surface area contributed by atoms with Gasteiger partial charge in [-0.3, -0.25) is 9.78 Å². The second kappa shape index (κ2) is 9.12. The van der Waals surface area contributed by atoms with Crippen molar-refractivity contribution < 1.29 is 22.8 Å². The van der Waals surface area contributed by atoms with Crippen molar-refractivity contribution in [1.82, 2.24) is 15.0 Å². The number of pyridine rings is 3. The Morgan fingerprint density at radius 1 is 1.10 bits per heavy atom. The molecule has 0 fully saturated rings. The molecule has 154 valence electrons. The predicted octanol–water partition coefficient (Wildman–Crippen LogP) is 4.04. The number of carbonyl (C=O) groups is 1. The Hall–Kier alpha value is -3.82. The zero-order valence-electron chi connectivity index (χ0n) is 16.0. The van der Waals surface area contributed by atoms with Crippen molar-refractivity contribution in [3.63, 3.8) is 0 Å². The fourth-order valence-electron chi connectivity index (χ4n) is 2.44. The first-order chi connectivity index (χ1) is 14.4. The van der Waals surface area contributed by atoms with Gasteiger partial charge in [-0.1, -0.05) is 12.1 Å². The lowest BCUT2D eigenvalue weighted by Gasteiger charge is -2.08. The fraction of sp³-hybridized carbons (Fsp3) is 0.150. The minimum absolute atomic E-state index is 0.0962. The molecule has 0 aliphatic carbocycles. The summed E-state index contributed by atoms with van der Waals surface area (Å²) in [7, 11) is 0. The third kappa shape index (κ3) is 4.77. The molecule has 10 heteroatoms. The molecule has 1 amide bonds. The van der Waals surface area contributed by atoms with E-state index < -0.39 is 29.2 Å². The molecule has 0 saturated heterocycles. The zero-order chi connectivity index (χ0) is 21.7. The van der Waals surface area contributed by atoms with Gasteiger partial charge in [-0.05, 0) is 25.5 Å². The molecule has 0 aromatic carbocycles. The van der Waals surface area contributed by atoms with Crippen LogP contribution in [0.2, 0.25) is 0 Å². The van der Waals surface area contributed by atoms with Gasteiger partial charge in [0.05, 0.1) is 23.7 Å². The van der Waals surface area contributed by atoms with Crippen molar-refractivity contribution in [3.05, 3.63) is 77.1 Å². The molecule has 30 heavy (non-hydrogen) atoms. The maximum Gasteiger partial charge on any atom is 0.284 e. The van der Waals surface area contributed by atoms with E-state index in [0.29, 0.717) is 23.8 Å². The lowest BCUT2D eigenvalue weighted by atomic mass is 10.1. The quantitative estimate of drug-likeness (QED) is 0.485. The van der Waals surface area contributed by atoms with Crippen molar-refractivity contribution in [2.75, 3.05) is 5.32 Å². The van der Waals surface area contributed by atoms with Crippen LogP contribution in [0.15, 0.2) is 48.1 Å². The Labute approximate surface area is 169 Å². The van der Waals surface area contributed by atoms with Crippen LogP contribution in [0.25, 0.3) is 0 Å². The number of amides is 1. The average molecular weight is 415 g/mol. The highest BCUT2D eigenvalue weighted by Gasteiger charge is 2.14. The number of halogens is 3. The Morgan fingerprint density at radius 2 is 1.90 bits per heavy atom. The fourth-order valence-corrected chi connectivity index (χ4v) is 2.44. The van der Waals surface area contributed by atoms with Crippen LogP contribution in [-0.2, 0) is 0 Å². The molecule has 3 rings (SSSR count). The number of rotatable bonds is 6. The van der Waals surface area contributed by atoms with Crippen LogP contribution >= 0.6 is 0 Å². The van der Waals surface area contributed by atoms with Crippen LogP contribution in [0.4, 0.5) is 19.0 Å². The molecule has 0 unspecified atom stereocenters. The molecule has 0 spiro atoms. The lowest BCUT2D eigenvalue weighted by molar-refractivity contribution is 0.102. The Kier molecular flexibility index (Phi) is 6.35. The highest BCUT2D eigenvalue weighted by Crippen LogP contribution is 2.16. The molecule has 3 aromatic rings. The summed E-state index contributed by atoms with van der Waals surface area (Å²) in [5, 5.41) is 6.41. The number of nitrogens with one attached hydrogen (secondary N) is 1.